The van der Waals surface area contributed by atoms with Gasteiger partial charge in [0.15, 0.2) is 0 Å². The molecule has 1 unspecified atom stereocenters. The van der Waals surface area contributed by atoms with Crippen LogP contribution in [-0.4, -0.2) is 39.3 Å². The monoisotopic (exact) mass is 232 g/mol. The van der Waals surface area contributed by atoms with Gasteiger partial charge in [-0.2, -0.15) is 0 Å². The molecule has 1 aromatic carbocycles. The van der Waals surface area contributed by atoms with Crippen molar-refractivity contribution in [3.05, 3.63) is 24.3 Å². The normalized spacial score (nSPS) is 12.4. The number of carboxylic acids is 1. The van der Waals surface area contributed by atoms with Gasteiger partial charge in [0, 0.05) is 7.05 Å². The van der Waals surface area contributed by atoms with Gasteiger partial charge in [0.1, 0.15) is 11.6 Å². The number of likely N-dealkylation sites (N-methyl/N-ethyl adjacent to an activating group) is 1. The molecule has 0 saturated heterocycles. The van der Waals surface area contributed by atoms with Crippen molar-refractivity contribution in [1.29, 1.82) is 0 Å². The minimum Gasteiger partial charge on any atom is -0.480 e. The molecule has 0 saturated carbocycles. The average Bonchev–Trinajstić information content (AvgIpc) is 2.36. The van der Waals surface area contributed by atoms with E-state index in [0.717, 1.165) is 0 Å². The Kier molecular flexibility index (Phi) is 2.86. The van der Waals surface area contributed by atoms with Gasteiger partial charge in [0.2, 0.25) is 5.95 Å². The molecule has 1 N–H and O–H groups in total. The number of hydrogen-bond acceptors (Lipinski definition) is 5. The number of hydrogen-bond donors (Lipinski definition) is 1. The highest BCUT2D eigenvalue weighted by Crippen LogP contribution is 2.13. The Labute approximate surface area is 97.9 Å². The van der Waals surface area contributed by atoms with Gasteiger partial charge in [-0.3, -0.25) is 0 Å². The van der Waals surface area contributed by atoms with Crippen LogP contribution in [0.1, 0.15) is 6.92 Å². The molecule has 0 radical (unpaired) electrons. The number of aromatic nitrogens is 3. The molecule has 6 heteroatoms. The van der Waals surface area contributed by atoms with Crippen molar-refractivity contribution in [2.75, 3.05) is 11.9 Å². The lowest BCUT2D eigenvalue weighted by molar-refractivity contribution is -0.138. The first-order chi connectivity index (χ1) is 8.09. The van der Waals surface area contributed by atoms with Crippen molar-refractivity contribution in [1.82, 2.24) is 15.2 Å². The molecular weight excluding hydrogens is 220 g/mol. The number of fused-ring (bicyclic) bond motifs is 1. The lowest BCUT2D eigenvalue weighted by atomic mass is 10.3. The van der Waals surface area contributed by atoms with Crippen LogP contribution in [0.5, 0.6) is 0 Å². The second-order valence-corrected chi connectivity index (χ2v) is 3.73. The van der Waals surface area contributed by atoms with E-state index in [1.807, 2.05) is 18.2 Å². The average molecular weight is 232 g/mol. The Morgan fingerprint density at radius 1 is 1.29 bits per heavy atom. The summed E-state index contributed by atoms with van der Waals surface area (Å²) in [5, 5.41) is 16.8. The fourth-order valence-corrected chi connectivity index (χ4v) is 1.36. The predicted molar refractivity (Wildman–Crippen MR) is 62.8 cm³/mol. The highest BCUT2D eigenvalue weighted by atomic mass is 16.4. The van der Waals surface area contributed by atoms with E-state index in [9.17, 15) is 4.79 Å². The number of benzene rings is 1. The molecule has 0 amide bonds. The van der Waals surface area contributed by atoms with Crippen LogP contribution in [0.25, 0.3) is 11.0 Å². The molecule has 6 nitrogen and oxygen atoms in total. The Balaban J connectivity index is 2.39. The maximum atomic E-state index is 10.9. The van der Waals surface area contributed by atoms with Crippen LogP contribution in [0, 0.1) is 0 Å². The fourth-order valence-electron chi connectivity index (χ4n) is 1.36. The Hall–Kier alpha value is -2.24. The zero-order chi connectivity index (χ0) is 12.4. The van der Waals surface area contributed by atoms with Crippen molar-refractivity contribution in [2.45, 2.75) is 13.0 Å². The highest BCUT2D eigenvalue weighted by molar-refractivity contribution is 5.78. The smallest absolute Gasteiger partial charge is 0.326 e. The molecule has 88 valence electrons. The maximum absolute atomic E-state index is 10.9. The van der Waals surface area contributed by atoms with Crippen molar-refractivity contribution < 1.29 is 9.90 Å². The topological polar surface area (TPSA) is 79.2 Å². The fraction of sp³-hybridized carbons (Fsp3) is 0.273. The second-order valence-electron chi connectivity index (χ2n) is 3.73. The molecule has 17 heavy (non-hydrogen) atoms. The summed E-state index contributed by atoms with van der Waals surface area (Å²) >= 11 is 0. The molecule has 2 rings (SSSR count). The first-order valence-corrected chi connectivity index (χ1v) is 5.14. The zero-order valence-electron chi connectivity index (χ0n) is 9.53. The Morgan fingerprint density at radius 2 is 1.94 bits per heavy atom. The van der Waals surface area contributed by atoms with Gasteiger partial charge in [-0.25, -0.2) is 9.78 Å². The molecule has 1 atom stereocenters. The van der Waals surface area contributed by atoms with Gasteiger partial charge >= 0.3 is 5.97 Å². The lowest BCUT2D eigenvalue weighted by Crippen LogP contribution is -2.37. The van der Waals surface area contributed by atoms with Crippen molar-refractivity contribution in [3.63, 3.8) is 0 Å². The lowest BCUT2D eigenvalue weighted by Gasteiger charge is -2.20. The number of para-hydroxylation sites is 1. The van der Waals surface area contributed by atoms with Crippen LogP contribution in [0.3, 0.4) is 0 Å². The van der Waals surface area contributed by atoms with Crippen LogP contribution in [-0.2, 0) is 4.79 Å². The van der Waals surface area contributed by atoms with Crippen LogP contribution < -0.4 is 4.90 Å². The van der Waals surface area contributed by atoms with Crippen LogP contribution in [0.2, 0.25) is 0 Å². The summed E-state index contributed by atoms with van der Waals surface area (Å²) in [5.41, 5.74) is 1.38. The quantitative estimate of drug-likeness (QED) is 0.848. The number of anilines is 1. The third kappa shape index (κ3) is 2.15. The van der Waals surface area contributed by atoms with Crippen LogP contribution >= 0.6 is 0 Å². The number of carbonyl (C=O) groups is 1. The van der Waals surface area contributed by atoms with E-state index in [-0.39, 0.29) is 0 Å². The van der Waals surface area contributed by atoms with Crippen LogP contribution in [0.4, 0.5) is 5.95 Å². The summed E-state index contributed by atoms with van der Waals surface area (Å²) in [6.07, 6.45) is 0. The SMILES string of the molecule is CC(C(=O)O)N(C)c1nnc2ccccc2n1. The summed E-state index contributed by atoms with van der Waals surface area (Å²) in [6, 6.07) is 6.62. The summed E-state index contributed by atoms with van der Waals surface area (Å²) in [7, 11) is 1.63. The molecule has 2 aromatic rings. The molecule has 0 aliphatic rings. The van der Waals surface area contributed by atoms with Gasteiger partial charge in [-0.05, 0) is 19.1 Å². The van der Waals surface area contributed by atoms with E-state index in [1.165, 1.54) is 4.90 Å². The van der Waals surface area contributed by atoms with E-state index in [0.29, 0.717) is 17.0 Å². The summed E-state index contributed by atoms with van der Waals surface area (Å²) in [6.45, 7) is 1.57. The van der Waals surface area contributed by atoms with Crippen molar-refractivity contribution >= 4 is 23.0 Å². The van der Waals surface area contributed by atoms with E-state index >= 15 is 0 Å². The van der Waals surface area contributed by atoms with E-state index in [4.69, 9.17) is 5.11 Å². The Morgan fingerprint density at radius 3 is 2.59 bits per heavy atom. The van der Waals surface area contributed by atoms with Gasteiger partial charge in [0.25, 0.3) is 0 Å². The van der Waals surface area contributed by atoms with Gasteiger partial charge in [0.05, 0.1) is 5.52 Å². The number of carboxylic acid groups (broad SMARTS) is 1. The van der Waals surface area contributed by atoms with Gasteiger partial charge < -0.3 is 10.0 Å². The first kappa shape index (κ1) is 11.3. The van der Waals surface area contributed by atoms with Crippen LogP contribution in [0.15, 0.2) is 24.3 Å². The van der Waals surface area contributed by atoms with Crippen molar-refractivity contribution in [3.8, 4) is 0 Å². The van der Waals surface area contributed by atoms with E-state index in [1.54, 1.807) is 20.0 Å². The van der Waals surface area contributed by atoms with Gasteiger partial charge in [-0.15, -0.1) is 10.2 Å². The zero-order valence-corrected chi connectivity index (χ0v) is 9.53. The number of rotatable bonds is 3. The van der Waals surface area contributed by atoms with E-state index < -0.39 is 12.0 Å². The molecular formula is C11H12N4O2. The molecule has 1 aromatic heterocycles. The number of nitrogens with zero attached hydrogens (tertiary/aromatic N) is 4. The van der Waals surface area contributed by atoms with E-state index in [2.05, 4.69) is 15.2 Å². The Bertz CT molecular complexity index is 558. The molecule has 1 heterocycles. The number of aliphatic carboxylic acids is 1. The highest BCUT2D eigenvalue weighted by Gasteiger charge is 2.19. The summed E-state index contributed by atoms with van der Waals surface area (Å²) in [5.74, 6) is -0.622. The van der Waals surface area contributed by atoms with Crippen molar-refractivity contribution in [2.24, 2.45) is 0 Å². The largest absolute Gasteiger partial charge is 0.480 e. The minimum atomic E-state index is -0.927. The third-order valence-corrected chi connectivity index (χ3v) is 2.60. The molecule has 0 aliphatic heterocycles. The molecule has 0 spiro atoms. The minimum absolute atomic E-state index is 0.304. The molecule has 0 aliphatic carbocycles. The maximum Gasteiger partial charge on any atom is 0.326 e. The first-order valence-electron chi connectivity index (χ1n) is 5.14. The summed E-state index contributed by atoms with van der Waals surface area (Å²) in [4.78, 5) is 16.6. The second kappa shape index (κ2) is 4.32. The van der Waals surface area contributed by atoms with Gasteiger partial charge in [-0.1, -0.05) is 12.1 Å². The molecule has 0 fully saturated rings. The standard InChI is InChI=1S/C11H12N4O2/c1-7(10(16)17)15(2)11-12-8-5-3-4-6-9(8)13-14-11/h3-7H,1-2H3,(H,16,17). The predicted octanol–water partition coefficient (Wildman–Crippen LogP) is 0.934. The third-order valence-electron chi connectivity index (χ3n) is 2.60. The molecule has 0 bridgehead atoms. The summed E-state index contributed by atoms with van der Waals surface area (Å²) < 4.78 is 0.